The van der Waals surface area contributed by atoms with Crippen LogP contribution in [0.3, 0.4) is 0 Å². The number of anilines is 1. The number of hydrogen-bond donors (Lipinski definition) is 0. The summed E-state index contributed by atoms with van der Waals surface area (Å²) in [5.41, 5.74) is 1.96. The fourth-order valence-corrected chi connectivity index (χ4v) is 5.67. The van der Waals surface area contributed by atoms with Crippen LogP contribution in [-0.2, 0) is 16.4 Å². The topological polar surface area (TPSA) is 71.8 Å². The zero-order valence-corrected chi connectivity index (χ0v) is 15.1. The van der Waals surface area contributed by atoms with Gasteiger partial charge in [0.05, 0.1) is 21.5 Å². The molecule has 0 N–H and O–H groups in total. The van der Waals surface area contributed by atoms with Gasteiger partial charge in [0.2, 0.25) is 0 Å². The second-order valence-electron chi connectivity index (χ2n) is 6.11. The highest BCUT2D eigenvalue weighted by Gasteiger charge is 2.30. The Hall–Kier alpha value is -2.71. The van der Waals surface area contributed by atoms with E-state index in [9.17, 15) is 13.2 Å². The van der Waals surface area contributed by atoms with Crippen LogP contribution in [0.4, 0.5) is 5.69 Å². The van der Waals surface area contributed by atoms with E-state index in [-0.39, 0.29) is 4.90 Å². The third kappa shape index (κ3) is 2.12. The summed E-state index contributed by atoms with van der Waals surface area (Å²) in [5, 5.41) is 2.14. The number of hydrogen-bond acceptors (Lipinski definition) is 5. The molecular formula is C18H13N3O3S2. The molecule has 0 bridgehead atoms. The first-order valence-corrected chi connectivity index (χ1v) is 10.4. The summed E-state index contributed by atoms with van der Waals surface area (Å²) in [4.78, 5) is 17.1. The Morgan fingerprint density at radius 2 is 1.96 bits per heavy atom. The molecule has 0 amide bonds. The van der Waals surface area contributed by atoms with Crippen molar-refractivity contribution in [3.05, 3.63) is 70.0 Å². The summed E-state index contributed by atoms with van der Waals surface area (Å²) >= 11 is 1.36. The number of benzene rings is 2. The van der Waals surface area contributed by atoms with E-state index in [1.165, 1.54) is 21.7 Å². The first-order valence-electron chi connectivity index (χ1n) is 8.06. The SMILES string of the molecule is O=c1nc2sccn2c2ccc(S(=O)(=O)N3CCc4ccccc43)cc12. The number of fused-ring (bicyclic) bond motifs is 4. The lowest BCUT2D eigenvalue weighted by Gasteiger charge is -2.19. The van der Waals surface area contributed by atoms with Crippen molar-refractivity contribution >= 4 is 42.9 Å². The normalized spacial score (nSPS) is 14.2. The molecule has 130 valence electrons. The smallest absolute Gasteiger partial charge is 0.281 e. The molecule has 26 heavy (non-hydrogen) atoms. The Morgan fingerprint density at radius 1 is 1.12 bits per heavy atom. The first kappa shape index (κ1) is 15.5. The van der Waals surface area contributed by atoms with Crippen molar-refractivity contribution < 1.29 is 8.42 Å². The molecule has 8 heteroatoms. The van der Waals surface area contributed by atoms with E-state index >= 15 is 0 Å². The van der Waals surface area contributed by atoms with Crippen molar-refractivity contribution in [1.82, 2.24) is 9.38 Å². The van der Waals surface area contributed by atoms with Gasteiger partial charge in [-0.3, -0.25) is 13.5 Å². The Bertz CT molecular complexity index is 1340. The lowest BCUT2D eigenvalue weighted by atomic mass is 10.2. The third-order valence-electron chi connectivity index (χ3n) is 4.68. The number of aromatic nitrogens is 2. The Kier molecular flexibility index (Phi) is 3.22. The fraction of sp³-hybridized carbons (Fsp3) is 0.111. The predicted molar refractivity (Wildman–Crippen MR) is 102 cm³/mol. The van der Waals surface area contributed by atoms with Crippen molar-refractivity contribution in [3.63, 3.8) is 0 Å². The second-order valence-corrected chi connectivity index (χ2v) is 8.84. The largest absolute Gasteiger partial charge is 0.292 e. The summed E-state index contributed by atoms with van der Waals surface area (Å²) in [6.07, 6.45) is 2.50. The summed E-state index contributed by atoms with van der Waals surface area (Å²) in [5.74, 6) is 0. The van der Waals surface area contributed by atoms with Gasteiger partial charge in [0, 0.05) is 18.1 Å². The average molecular weight is 383 g/mol. The van der Waals surface area contributed by atoms with Crippen LogP contribution in [0.15, 0.2) is 63.7 Å². The van der Waals surface area contributed by atoms with Gasteiger partial charge in [-0.25, -0.2) is 8.42 Å². The summed E-state index contributed by atoms with van der Waals surface area (Å²) in [7, 11) is -3.74. The van der Waals surface area contributed by atoms with Gasteiger partial charge in [-0.2, -0.15) is 4.98 Å². The summed E-state index contributed by atoms with van der Waals surface area (Å²) in [6.45, 7) is 0.403. The summed E-state index contributed by atoms with van der Waals surface area (Å²) < 4.78 is 29.5. The van der Waals surface area contributed by atoms with E-state index in [4.69, 9.17) is 0 Å². The van der Waals surface area contributed by atoms with Gasteiger partial charge < -0.3 is 0 Å². The van der Waals surface area contributed by atoms with Crippen molar-refractivity contribution in [2.24, 2.45) is 0 Å². The van der Waals surface area contributed by atoms with Crippen molar-refractivity contribution in [2.75, 3.05) is 10.8 Å². The average Bonchev–Trinajstić information content (AvgIpc) is 3.28. The number of thiazole rings is 1. The number of para-hydroxylation sites is 1. The maximum atomic E-state index is 13.2. The minimum absolute atomic E-state index is 0.107. The Morgan fingerprint density at radius 3 is 2.85 bits per heavy atom. The highest BCUT2D eigenvalue weighted by Crippen LogP contribution is 2.33. The molecule has 0 saturated heterocycles. The quantitative estimate of drug-likeness (QED) is 0.534. The minimum Gasteiger partial charge on any atom is -0.292 e. The Labute approximate surface area is 153 Å². The standard InChI is InChI=1S/C18H13N3O3S2/c22-17-14-11-13(5-6-16(14)20-9-10-25-18(20)19-17)26(23,24)21-8-7-12-3-1-2-4-15(12)21/h1-6,9-11H,7-8H2. The molecule has 0 aliphatic carbocycles. The molecule has 2 aromatic carbocycles. The molecule has 2 aromatic heterocycles. The van der Waals surface area contributed by atoms with Crippen LogP contribution in [0, 0.1) is 0 Å². The van der Waals surface area contributed by atoms with Crippen LogP contribution in [0.5, 0.6) is 0 Å². The van der Waals surface area contributed by atoms with Crippen molar-refractivity contribution in [3.8, 4) is 0 Å². The van der Waals surface area contributed by atoms with Gasteiger partial charge in [0.1, 0.15) is 0 Å². The molecule has 3 heterocycles. The predicted octanol–water partition coefficient (Wildman–Crippen LogP) is 2.66. The first-order chi connectivity index (χ1) is 12.6. The van der Waals surface area contributed by atoms with E-state index in [0.717, 1.165) is 5.56 Å². The van der Waals surface area contributed by atoms with Crippen LogP contribution < -0.4 is 9.86 Å². The molecule has 1 aliphatic rings. The van der Waals surface area contributed by atoms with Crippen LogP contribution in [0.2, 0.25) is 0 Å². The second kappa shape index (κ2) is 5.39. The van der Waals surface area contributed by atoms with E-state index in [0.29, 0.717) is 34.5 Å². The fourth-order valence-electron chi connectivity index (χ4n) is 3.43. The zero-order chi connectivity index (χ0) is 17.9. The van der Waals surface area contributed by atoms with Gasteiger partial charge in [0.25, 0.3) is 15.6 Å². The molecule has 1 aliphatic heterocycles. The van der Waals surface area contributed by atoms with Gasteiger partial charge in [-0.05, 0) is 36.2 Å². The van der Waals surface area contributed by atoms with Crippen molar-refractivity contribution in [2.45, 2.75) is 11.3 Å². The lowest BCUT2D eigenvalue weighted by molar-refractivity contribution is 0.592. The highest BCUT2D eigenvalue weighted by molar-refractivity contribution is 7.92. The van der Waals surface area contributed by atoms with Gasteiger partial charge in [0.15, 0.2) is 4.96 Å². The monoisotopic (exact) mass is 383 g/mol. The maximum absolute atomic E-state index is 13.2. The summed E-state index contributed by atoms with van der Waals surface area (Å²) in [6, 6.07) is 12.2. The molecule has 4 aromatic rings. The third-order valence-corrected chi connectivity index (χ3v) is 7.24. The lowest BCUT2D eigenvalue weighted by Crippen LogP contribution is -2.29. The highest BCUT2D eigenvalue weighted by atomic mass is 32.2. The maximum Gasteiger partial charge on any atom is 0.281 e. The van der Waals surface area contributed by atoms with Crippen LogP contribution in [0.25, 0.3) is 15.9 Å². The molecule has 0 spiro atoms. The minimum atomic E-state index is -3.74. The molecule has 6 nitrogen and oxygen atoms in total. The zero-order valence-electron chi connectivity index (χ0n) is 13.5. The number of rotatable bonds is 2. The molecule has 0 radical (unpaired) electrons. The molecule has 5 rings (SSSR count). The number of sulfonamides is 1. The van der Waals surface area contributed by atoms with Gasteiger partial charge >= 0.3 is 0 Å². The molecule has 0 fully saturated rings. The van der Waals surface area contributed by atoms with E-state index < -0.39 is 15.6 Å². The van der Waals surface area contributed by atoms with E-state index in [2.05, 4.69) is 4.98 Å². The molecule has 0 atom stereocenters. The molecule has 0 saturated carbocycles. The van der Waals surface area contributed by atoms with Crippen LogP contribution >= 0.6 is 11.3 Å². The van der Waals surface area contributed by atoms with Gasteiger partial charge in [-0.1, -0.05) is 18.2 Å². The van der Waals surface area contributed by atoms with Crippen LogP contribution in [-0.4, -0.2) is 24.3 Å². The van der Waals surface area contributed by atoms with Crippen molar-refractivity contribution in [1.29, 1.82) is 0 Å². The van der Waals surface area contributed by atoms with E-state index in [1.807, 2.05) is 35.8 Å². The van der Waals surface area contributed by atoms with Crippen LogP contribution in [0.1, 0.15) is 5.56 Å². The Balaban J connectivity index is 1.71. The van der Waals surface area contributed by atoms with E-state index in [1.54, 1.807) is 16.5 Å². The molecular weight excluding hydrogens is 370 g/mol. The number of nitrogens with zero attached hydrogens (tertiary/aromatic N) is 3. The van der Waals surface area contributed by atoms with Gasteiger partial charge in [-0.15, -0.1) is 11.3 Å². The molecule has 0 unspecified atom stereocenters.